The first-order valence-corrected chi connectivity index (χ1v) is 7.91. The highest BCUT2D eigenvalue weighted by Crippen LogP contribution is 2.31. The van der Waals surface area contributed by atoms with Gasteiger partial charge in [0.15, 0.2) is 0 Å². The van der Waals surface area contributed by atoms with Crippen LogP contribution in [0.2, 0.25) is 0 Å². The summed E-state index contributed by atoms with van der Waals surface area (Å²) >= 11 is 0. The summed E-state index contributed by atoms with van der Waals surface area (Å²) in [5.41, 5.74) is 1.13. The molecule has 3 heteroatoms. The molecule has 1 aliphatic carbocycles. The zero-order valence-corrected chi connectivity index (χ0v) is 12.1. The Morgan fingerprint density at radius 1 is 1.16 bits per heavy atom. The van der Waals surface area contributed by atoms with E-state index in [-0.39, 0.29) is 0 Å². The molecule has 1 aromatic rings. The van der Waals surface area contributed by atoms with Crippen LogP contribution in [0.15, 0.2) is 18.6 Å². The predicted molar refractivity (Wildman–Crippen MR) is 78.9 cm³/mol. The monoisotopic (exact) mass is 261 g/mol. The van der Waals surface area contributed by atoms with Crippen molar-refractivity contribution < 1.29 is 0 Å². The summed E-state index contributed by atoms with van der Waals surface area (Å²) in [5.74, 6) is 0.726. The quantitative estimate of drug-likeness (QED) is 0.874. The fourth-order valence-corrected chi connectivity index (χ4v) is 3.10. The highest BCUT2D eigenvalue weighted by atomic mass is 15.0. The van der Waals surface area contributed by atoms with Gasteiger partial charge >= 0.3 is 0 Å². The van der Waals surface area contributed by atoms with Crippen molar-refractivity contribution >= 4 is 0 Å². The predicted octanol–water partition coefficient (Wildman–Crippen LogP) is 3.88. The molecule has 1 aromatic heterocycles. The maximum Gasteiger partial charge on any atom is 0.0758 e. The fraction of sp³-hybridized carbons (Fsp3) is 0.750. The average Bonchev–Trinajstić information content (AvgIpc) is 2.42. The molecule has 0 aromatic carbocycles. The molecule has 1 atom stereocenters. The Morgan fingerprint density at radius 3 is 2.53 bits per heavy atom. The third-order valence-electron chi connectivity index (χ3n) is 4.14. The topological polar surface area (TPSA) is 37.8 Å². The normalized spacial score (nSPS) is 19.6. The largest absolute Gasteiger partial charge is 0.308 e. The van der Waals surface area contributed by atoms with Crippen molar-refractivity contribution in [2.75, 3.05) is 6.54 Å². The van der Waals surface area contributed by atoms with Crippen LogP contribution in [0.3, 0.4) is 0 Å². The first kappa shape index (κ1) is 14.4. The molecule has 0 saturated heterocycles. The lowest BCUT2D eigenvalue weighted by atomic mass is 9.84. The summed E-state index contributed by atoms with van der Waals surface area (Å²) in [6.45, 7) is 3.29. The summed E-state index contributed by atoms with van der Waals surface area (Å²) in [4.78, 5) is 8.78. The van der Waals surface area contributed by atoms with Gasteiger partial charge in [-0.1, -0.05) is 39.0 Å². The Bertz CT molecular complexity index is 331. The molecular weight excluding hydrogens is 234 g/mol. The fourth-order valence-electron chi connectivity index (χ4n) is 3.10. The molecule has 2 rings (SSSR count). The molecule has 0 amide bonds. The lowest BCUT2D eigenvalue weighted by molar-refractivity contribution is 0.284. The third kappa shape index (κ3) is 4.57. The minimum Gasteiger partial charge on any atom is -0.308 e. The smallest absolute Gasteiger partial charge is 0.0758 e. The maximum atomic E-state index is 4.54. The molecule has 0 spiro atoms. The van der Waals surface area contributed by atoms with Crippen LogP contribution in [0.25, 0.3) is 0 Å². The zero-order chi connectivity index (χ0) is 13.3. The van der Waals surface area contributed by atoms with Gasteiger partial charge in [0.25, 0.3) is 0 Å². The van der Waals surface area contributed by atoms with Gasteiger partial charge in [0, 0.05) is 18.6 Å². The number of nitrogens with zero attached hydrogens (tertiary/aromatic N) is 2. The molecule has 0 radical (unpaired) electrons. The Labute approximate surface area is 117 Å². The zero-order valence-electron chi connectivity index (χ0n) is 12.1. The summed E-state index contributed by atoms with van der Waals surface area (Å²) in [5, 5.41) is 3.70. The second kappa shape index (κ2) is 8.26. The van der Waals surface area contributed by atoms with Gasteiger partial charge in [-0.25, -0.2) is 0 Å². The highest BCUT2D eigenvalue weighted by Gasteiger charge is 2.24. The van der Waals surface area contributed by atoms with Crippen molar-refractivity contribution in [3.63, 3.8) is 0 Å². The summed E-state index contributed by atoms with van der Waals surface area (Å²) in [7, 11) is 0. The molecular formula is C16H27N3. The van der Waals surface area contributed by atoms with Crippen LogP contribution in [-0.2, 0) is 0 Å². The second-order valence-electron chi connectivity index (χ2n) is 5.67. The Kier molecular flexibility index (Phi) is 6.28. The van der Waals surface area contributed by atoms with Crippen molar-refractivity contribution in [2.45, 2.75) is 64.3 Å². The molecule has 1 aliphatic rings. The third-order valence-corrected chi connectivity index (χ3v) is 4.14. The first-order valence-electron chi connectivity index (χ1n) is 7.91. The molecule has 0 aliphatic heterocycles. The van der Waals surface area contributed by atoms with E-state index >= 15 is 0 Å². The lowest BCUT2D eigenvalue weighted by Crippen LogP contribution is -2.30. The van der Waals surface area contributed by atoms with E-state index in [0.717, 1.165) is 18.2 Å². The Balaban J connectivity index is 2.06. The maximum absolute atomic E-state index is 4.54. The van der Waals surface area contributed by atoms with Crippen LogP contribution in [0.4, 0.5) is 0 Å². The van der Waals surface area contributed by atoms with Crippen LogP contribution in [0.5, 0.6) is 0 Å². The number of hydrogen-bond acceptors (Lipinski definition) is 3. The van der Waals surface area contributed by atoms with E-state index in [0.29, 0.717) is 6.04 Å². The van der Waals surface area contributed by atoms with Crippen molar-refractivity contribution in [1.82, 2.24) is 15.3 Å². The van der Waals surface area contributed by atoms with E-state index in [9.17, 15) is 0 Å². The summed E-state index contributed by atoms with van der Waals surface area (Å²) in [6.07, 6.45) is 16.3. The van der Waals surface area contributed by atoms with Gasteiger partial charge in [0.1, 0.15) is 0 Å². The molecule has 1 N–H and O–H groups in total. The van der Waals surface area contributed by atoms with Gasteiger partial charge in [-0.3, -0.25) is 9.97 Å². The highest BCUT2D eigenvalue weighted by molar-refractivity contribution is 5.04. The van der Waals surface area contributed by atoms with Crippen LogP contribution >= 0.6 is 0 Å². The minimum atomic E-state index is 0.395. The standard InChI is InChI=1S/C16H27N3/c1-2-10-19-16(15-13-17-11-12-18-15)14-8-6-4-3-5-7-9-14/h11-14,16,19H,2-10H2,1H3. The average molecular weight is 261 g/mol. The molecule has 0 bridgehead atoms. The van der Waals surface area contributed by atoms with Gasteiger partial charge in [0.05, 0.1) is 11.7 Å². The van der Waals surface area contributed by atoms with Crippen molar-refractivity contribution in [1.29, 1.82) is 0 Å². The number of hydrogen-bond donors (Lipinski definition) is 1. The van der Waals surface area contributed by atoms with Crippen molar-refractivity contribution in [3.05, 3.63) is 24.3 Å². The number of aromatic nitrogens is 2. The van der Waals surface area contributed by atoms with Gasteiger partial charge in [-0.05, 0) is 31.7 Å². The molecule has 106 valence electrons. The SMILES string of the molecule is CCCNC(c1cnccn1)C1CCCCCCC1. The molecule has 1 heterocycles. The number of nitrogens with one attached hydrogen (secondary N) is 1. The van der Waals surface area contributed by atoms with E-state index in [1.807, 2.05) is 12.4 Å². The van der Waals surface area contributed by atoms with Crippen LogP contribution in [0, 0.1) is 5.92 Å². The summed E-state index contributed by atoms with van der Waals surface area (Å²) in [6, 6.07) is 0.395. The number of rotatable bonds is 5. The Morgan fingerprint density at radius 2 is 1.89 bits per heavy atom. The van der Waals surface area contributed by atoms with Gasteiger partial charge in [-0.2, -0.15) is 0 Å². The van der Waals surface area contributed by atoms with Crippen molar-refractivity contribution in [3.8, 4) is 0 Å². The van der Waals surface area contributed by atoms with Crippen molar-refractivity contribution in [2.24, 2.45) is 5.92 Å². The summed E-state index contributed by atoms with van der Waals surface area (Å²) < 4.78 is 0. The van der Waals surface area contributed by atoms with E-state index in [1.54, 1.807) is 6.20 Å². The molecule has 1 unspecified atom stereocenters. The Hall–Kier alpha value is -0.960. The molecule has 1 saturated carbocycles. The van der Waals surface area contributed by atoms with Crippen LogP contribution in [0.1, 0.15) is 70.0 Å². The molecule has 1 fully saturated rings. The second-order valence-corrected chi connectivity index (χ2v) is 5.67. The van der Waals surface area contributed by atoms with E-state index in [2.05, 4.69) is 22.2 Å². The van der Waals surface area contributed by atoms with E-state index in [4.69, 9.17) is 0 Å². The minimum absolute atomic E-state index is 0.395. The first-order chi connectivity index (χ1) is 9.42. The van der Waals surface area contributed by atoms with Gasteiger partial charge in [-0.15, -0.1) is 0 Å². The van der Waals surface area contributed by atoms with E-state index < -0.39 is 0 Å². The lowest BCUT2D eigenvalue weighted by Gasteiger charge is -2.29. The molecule has 19 heavy (non-hydrogen) atoms. The van der Waals surface area contributed by atoms with Crippen LogP contribution < -0.4 is 5.32 Å². The van der Waals surface area contributed by atoms with Gasteiger partial charge < -0.3 is 5.32 Å². The van der Waals surface area contributed by atoms with Gasteiger partial charge in [0.2, 0.25) is 0 Å². The van der Waals surface area contributed by atoms with E-state index in [1.165, 1.54) is 51.4 Å². The molecule has 3 nitrogen and oxygen atoms in total. The van der Waals surface area contributed by atoms with Crippen LogP contribution in [-0.4, -0.2) is 16.5 Å².